The molecule has 1 N–H and O–H groups in total. The number of fused-ring (bicyclic) bond motifs is 5. The summed E-state index contributed by atoms with van der Waals surface area (Å²) in [6, 6.07) is 14.4. The molecule has 2 fully saturated rings. The Morgan fingerprint density at radius 1 is 1.14 bits per heavy atom. The van der Waals surface area contributed by atoms with Crippen molar-refractivity contribution in [1.29, 1.82) is 0 Å². The lowest BCUT2D eigenvalue weighted by Gasteiger charge is -2.52. The van der Waals surface area contributed by atoms with Crippen LogP contribution in [0.5, 0.6) is 11.5 Å². The maximum Gasteiger partial charge on any atom is 0.139 e. The van der Waals surface area contributed by atoms with Gasteiger partial charge in [-0.2, -0.15) is 0 Å². The van der Waals surface area contributed by atoms with Crippen molar-refractivity contribution in [2.75, 3.05) is 4.61 Å². The van der Waals surface area contributed by atoms with Gasteiger partial charge in [0.15, 0.2) is 0 Å². The fourth-order valence-electron chi connectivity index (χ4n) is 6.67. The van der Waals surface area contributed by atoms with Gasteiger partial charge in [0, 0.05) is 11.8 Å². The van der Waals surface area contributed by atoms with Crippen LogP contribution < -0.4 is 4.74 Å². The summed E-state index contributed by atoms with van der Waals surface area (Å²) in [5.74, 6) is 3.47. The van der Waals surface area contributed by atoms with Crippen LogP contribution in [0, 0.1) is 17.3 Å². The number of aryl methyl sites for hydroxylation is 1. The predicted molar refractivity (Wildman–Crippen MR) is 122 cm³/mol. The maximum absolute atomic E-state index is 13.0. The number of phenolic OH excluding ortho intramolecular Hbond substituents is 1. The van der Waals surface area contributed by atoms with E-state index in [4.69, 9.17) is 4.74 Å². The number of rotatable bonds is 3. The lowest BCUT2D eigenvalue weighted by Crippen LogP contribution is -2.45. The van der Waals surface area contributed by atoms with E-state index in [1.807, 2.05) is 12.1 Å². The van der Waals surface area contributed by atoms with E-state index in [9.17, 15) is 9.90 Å². The van der Waals surface area contributed by atoms with Crippen molar-refractivity contribution in [2.24, 2.45) is 17.3 Å². The average molecular weight is 502 g/mol. The molecule has 29 heavy (non-hydrogen) atoms. The summed E-state index contributed by atoms with van der Waals surface area (Å²) in [4.78, 5) is 13.0. The number of alkyl halides is 1. The van der Waals surface area contributed by atoms with Gasteiger partial charge in [0.25, 0.3) is 0 Å². The molecule has 0 saturated heterocycles. The van der Waals surface area contributed by atoms with Crippen LogP contribution in [0.1, 0.15) is 61.1 Å². The lowest BCUT2D eigenvalue weighted by molar-refractivity contribution is -0.130. The molecule has 5 rings (SSSR count). The Bertz CT molecular complexity index is 938. The Hall–Kier alpha value is -1.56. The highest BCUT2D eigenvalue weighted by atomic mass is 127. The molecule has 0 bridgehead atoms. The number of Topliss-reactive ketones (excluding diaryl/α,β-unsaturated/α-hetero) is 1. The maximum atomic E-state index is 13.0. The minimum absolute atomic E-state index is 0.197. The van der Waals surface area contributed by atoms with Crippen molar-refractivity contribution in [3.63, 3.8) is 0 Å². The van der Waals surface area contributed by atoms with Gasteiger partial charge in [-0.1, -0.05) is 25.1 Å². The number of ketones is 1. The number of carbonyl (C=O) groups excluding carboxylic acids is 1. The number of ether oxygens (including phenoxy) is 1. The molecule has 0 aliphatic heterocycles. The van der Waals surface area contributed by atoms with Crippen LogP contribution in [0.15, 0.2) is 42.5 Å². The summed E-state index contributed by atoms with van der Waals surface area (Å²) >= 11 is 2.21. The molecular weight excluding hydrogens is 475 g/mol. The zero-order valence-electron chi connectivity index (χ0n) is 16.7. The lowest BCUT2D eigenvalue weighted by atomic mass is 9.51. The Morgan fingerprint density at radius 3 is 2.69 bits per heavy atom. The van der Waals surface area contributed by atoms with Gasteiger partial charge in [0.2, 0.25) is 0 Å². The monoisotopic (exact) mass is 502 g/mol. The van der Waals surface area contributed by atoms with Crippen molar-refractivity contribution in [2.45, 2.75) is 50.9 Å². The molecule has 0 heterocycles. The number of carbonyl (C=O) groups is 1. The van der Waals surface area contributed by atoms with Crippen molar-refractivity contribution in [1.82, 2.24) is 0 Å². The minimum Gasteiger partial charge on any atom is -0.508 e. The molecule has 3 aliphatic carbocycles. The summed E-state index contributed by atoms with van der Waals surface area (Å²) in [5.41, 5.74) is 3.78. The van der Waals surface area contributed by atoms with E-state index in [0.717, 1.165) is 37.9 Å². The summed E-state index contributed by atoms with van der Waals surface area (Å²) in [5, 5.41) is 10.0. The van der Waals surface area contributed by atoms with Crippen LogP contribution in [0.25, 0.3) is 0 Å². The second-order valence-corrected chi connectivity index (χ2v) is 9.85. The molecule has 2 aromatic carbocycles. The van der Waals surface area contributed by atoms with Crippen LogP contribution >= 0.6 is 22.6 Å². The van der Waals surface area contributed by atoms with E-state index >= 15 is 0 Å². The van der Waals surface area contributed by atoms with Crippen LogP contribution in [0.2, 0.25) is 0 Å². The zero-order valence-corrected chi connectivity index (χ0v) is 18.9. The van der Waals surface area contributed by atoms with E-state index in [1.54, 1.807) is 0 Å². The topological polar surface area (TPSA) is 46.5 Å². The van der Waals surface area contributed by atoms with Crippen molar-refractivity contribution < 1.29 is 14.6 Å². The summed E-state index contributed by atoms with van der Waals surface area (Å²) in [7, 11) is 0. The molecule has 2 aromatic rings. The summed E-state index contributed by atoms with van der Waals surface area (Å²) < 4.78 is 6.27. The smallest absolute Gasteiger partial charge is 0.139 e. The SMILES string of the molecule is C[C@]12C[C@H](c3ccc(OCI)cc3)[C@@H]3c4ccc(O)cc4CC[C@H]3[C@@H]1CCC2=O. The van der Waals surface area contributed by atoms with Crippen molar-refractivity contribution >= 4 is 28.4 Å². The Balaban J connectivity index is 1.61. The van der Waals surface area contributed by atoms with Crippen molar-refractivity contribution in [3.8, 4) is 11.5 Å². The number of aromatic hydroxyl groups is 1. The molecule has 0 spiro atoms. The average Bonchev–Trinajstić information content (AvgIpc) is 3.02. The van der Waals surface area contributed by atoms with Gasteiger partial charge in [-0.05, 0) is 113 Å². The molecule has 0 aromatic heterocycles. The number of hydrogen-bond donors (Lipinski definition) is 1. The van der Waals surface area contributed by atoms with Crippen LogP contribution in [0.4, 0.5) is 0 Å². The van der Waals surface area contributed by atoms with Crippen LogP contribution in [0.3, 0.4) is 0 Å². The first-order valence-electron chi connectivity index (χ1n) is 10.6. The normalized spacial score (nSPS) is 33.0. The minimum atomic E-state index is -0.197. The van der Waals surface area contributed by atoms with Gasteiger partial charge in [-0.15, -0.1) is 0 Å². The second kappa shape index (κ2) is 7.29. The molecule has 3 aliphatic rings. The van der Waals surface area contributed by atoms with Gasteiger partial charge >= 0.3 is 0 Å². The highest BCUT2D eigenvalue weighted by Gasteiger charge is 2.57. The van der Waals surface area contributed by atoms with Crippen LogP contribution in [-0.4, -0.2) is 15.5 Å². The van der Waals surface area contributed by atoms with Gasteiger partial charge in [-0.3, -0.25) is 4.79 Å². The Kier molecular flexibility index (Phi) is 4.88. The largest absolute Gasteiger partial charge is 0.508 e. The Labute approximate surface area is 186 Å². The van der Waals surface area contributed by atoms with Gasteiger partial charge in [0.1, 0.15) is 21.9 Å². The fraction of sp³-hybridized carbons (Fsp3) is 0.480. The van der Waals surface area contributed by atoms with E-state index in [-0.39, 0.29) is 5.41 Å². The Morgan fingerprint density at radius 2 is 1.93 bits per heavy atom. The first kappa shape index (κ1) is 19.4. The second-order valence-electron chi connectivity index (χ2n) is 9.23. The number of phenols is 1. The van der Waals surface area contributed by atoms with E-state index < -0.39 is 0 Å². The van der Waals surface area contributed by atoms with Crippen molar-refractivity contribution in [3.05, 3.63) is 59.2 Å². The fourth-order valence-corrected chi connectivity index (χ4v) is 7.02. The highest BCUT2D eigenvalue weighted by molar-refractivity contribution is 14.1. The molecule has 5 atom stereocenters. The summed E-state index contributed by atoms with van der Waals surface area (Å²) in [6.45, 7) is 2.23. The first-order valence-corrected chi connectivity index (χ1v) is 12.2. The third-order valence-corrected chi connectivity index (χ3v) is 8.27. The van der Waals surface area contributed by atoms with E-state index in [2.05, 4.69) is 59.8 Å². The number of benzene rings is 2. The molecule has 2 saturated carbocycles. The first-order chi connectivity index (χ1) is 14.0. The number of hydrogen-bond acceptors (Lipinski definition) is 3. The summed E-state index contributed by atoms with van der Waals surface area (Å²) in [6.07, 6.45) is 4.81. The third-order valence-electron chi connectivity index (χ3n) is 7.96. The van der Waals surface area contributed by atoms with Gasteiger partial charge < -0.3 is 9.84 Å². The predicted octanol–water partition coefficient (Wildman–Crippen LogP) is 5.98. The van der Waals surface area contributed by atoms with Crippen LogP contribution in [-0.2, 0) is 11.2 Å². The molecule has 0 radical (unpaired) electrons. The molecule has 0 unspecified atom stereocenters. The van der Waals surface area contributed by atoms with E-state index in [1.165, 1.54) is 16.7 Å². The molecular formula is C25H27IO3. The van der Waals surface area contributed by atoms with E-state index in [0.29, 0.717) is 39.8 Å². The quantitative estimate of drug-likeness (QED) is 0.415. The highest BCUT2D eigenvalue weighted by Crippen LogP contribution is 2.64. The molecule has 3 nitrogen and oxygen atoms in total. The van der Waals surface area contributed by atoms with Gasteiger partial charge in [-0.25, -0.2) is 0 Å². The molecule has 0 amide bonds. The molecule has 152 valence electrons. The zero-order chi connectivity index (χ0) is 20.2. The molecule has 4 heteroatoms. The number of halogens is 1. The standard InChI is InChI=1S/C25H27IO3/c1-25-13-21(15-2-6-18(7-3-15)29-14-26)24-19-9-5-17(27)12-16(19)4-8-20(24)22(25)10-11-23(25)28/h2-3,5-7,9,12,20-22,24,27H,4,8,10-11,13-14H2,1H3/t20-,21+,22-,24+,25-/m0/s1. The van der Waals surface area contributed by atoms with Gasteiger partial charge in [0.05, 0.1) is 0 Å². The third kappa shape index (κ3) is 3.09.